The molecule has 0 bridgehead atoms. The van der Waals surface area contributed by atoms with E-state index in [4.69, 9.17) is 11.6 Å². The summed E-state index contributed by atoms with van der Waals surface area (Å²) < 4.78 is 27.9. The van der Waals surface area contributed by atoms with Gasteiger partial charge < -0.3 is 5.32 Å². The quantitative estimate of drug-likeness (QED) is 0.478. The van der Waals surface area contributed by atoms with Crippen LogP contribution in [0.15, 0.2) is 77.7 Å². The normalized spacial score (nSPS) is 13.7. The fraction of sp³-hybridized carbons (Fsp3) is 0.125. The lowest BCUT2D eigenvalue weighted by molar-refractivity contribution is -0.139. The SMILES string of the molecule is O=C(Nc1cccc(S(=O)(=O)Nc2ccc(Cl)cc2)c1)c1ccc(CN2C(=O)CCC2=O)cc1. The molecule has 8 nitrogen and oxygen atoms in total. The number of halogens is 1. The van der Waals surface area contributed by atoms with E-state index >= 15 is 0 Å². The molecule has 1 aliphatic heterocycles. The molecule has 1 heterocycles. The second-order valence-corrected chi connectivity index (χ2v) is 9.78. The summed E-state index contributed by atoms with van der Waals surface area (Å²) in [6.07, 6.45) is 0.451. The van der Waals surface area contributed by atoms with Crippen molar-refractivity contribution in [1.82, 2.24) is 4.90 Å². The highest BCUT2D eigenvalue weighted by Crippen LogP contribution is 2.22. The van der Waals surface area contributed by atoms with Gasteiger partial charge in [-0.05, 0) is 60.2 Å². The van der Waals surface area contributed by atoms with E-state index in [0.717, 1.165) is 5.56 Å². The van der Waals surface area contributed by atoms with Crippen LogP contribution in [0.25, 0.3) is 0 Å². The Labute approximate surface area is 201 Å². The van der Waals surface area contributed by atoms with E-state index in [2.05, 4.69) is 10.0 Å². The Hall–Kier alpha value is -3.69. The van der Waals surface area contributed by atoms with Gasteiger partial charge in [0, 0.05) is 34.8 Å². The molecule has 0 atom stereocenters. The lowest BCUT2D eigenvalue weighted by Crippen LogP contribution is -2.28. The fourth-order valence-corrected chi connectivity index (χ4v) is 4.65. The van der Waals surface area contributed by atoms with E-state index < -0.39 is 15.9 Å². The number of carbonyl (C=O) groups is 3. The van der Waals surface area contributed by atoms with Crippen molar-refractivity contribution in [2.24, 2.45) is 0 Å². The van der Waals surface area contributed by atoms with Crippen LogP contribution in [-0.4, -0.2) is 31.0 Å². The molecule has 3 aromatic rings. The van der Waals surface area contributed by atoms with Crippen molar-refractivity contribution in [3.63, 3.8) is 0 Å². The maximum atomic E-state index is 12.7. The maximum Gasteiger partial charge on any atom is 0.261 e. The first-order valence-corrected chi connectivity index (χ1v) is 12.2. The van der Waals surface area contributed by atoms with E-state index in [1.54, 1.807) is 54.6 Å². The minimum atomic E-state index is -3.88. The second kappa shape index (κ2) is 9.66. The molecule has 174 valence electrons. The zero-order valence-electron chi connectivity index (χ0n) is 17.8. The number of carbonyl (C=O) groups excluding carboxylic acids is 3. The van der Waals surface area contributed by atoms with E-state index in [0.29, 0.717) is 22.0 Å². The molecule has 0 unspecified atom stereocenters. The van der Waals surface area contributed by atoms with Crippen molar-refractivity contribution in [1.29, 1.82) is 0 Å². The highest BCUT2D eigenvalue weighted by molar-refractivity contribution is 7.92. The second-order valence-electron chi connectivity index (χ2n) is 7.66. The van der Waals surface area contributed by atoms with Gasteiger partial charge in [0.2, 0.25) is 11.8 Å². The summed E-state index contributed by atoms with van der Waals surface area (Å²) >= 11 is 5.83. The highest BCUT2D eigenvalue weighted by atomic mass is 35.5. The van der Waals surface area contributed by atoms with Gasteiger partial charge in [-0.1, -0.05) is 29.8 Å². The predicted molar refractivity (Wildman–Crippen MR) is 128 cm³/mol. The summed E-state index contributed by atoms with van der Waals surface area (Å²) in [5.74, 6) is -0.834. The molecule has 0 aromatic heterocycles. The van der Waals surface area contributed by atoms with Crippen molar-refractivity contribution in [3.8, 4) is 0 Å². The Kier molecular flexibility index (Phi) is 6.67. The summed E-state index contributed by atoms with van der Waals surface area (Å²) in [5, 5.41) is 3.17. The number of benzene rings is 3. The maximum absolute atomic E-state index is 12.7. The third-order valence-corrected chi connectivity index (χ3v) is 6.84. The third-order valence-electron chi connectivity index (χ3n) is 5.21. The molecule has 3 aromatic carbocycles. The summed E-state index contributed by atoms with van der Waals surface area (Å²) in [7, 11) is -3.88. The number of sulfonamides is 1. The molecule has 34 heavy (non-hydrogen) atoms. The largest absolute Gasteiger partial charge is 0.322 e. The van der Waals surface area contributed by atoms with Crippen LogP contribution in [0, 0.1) is 0 Å². The number of likely N-dealkylation sites (tertiary alicyclic amines) is 1. The Balaban J connectivity index is 1.43. The molecule has 2 N–H and O–H groups in total. The first-order valence-electron chi connectivity index (χ1n) is 10.3. The van der Waals surface area contributed by atoms with Crippen LogP contribution in [0.3, 0.4) is 0 Å². The van der Waals surface area contributed by atoms with Gasteiger partial charge in [0.15, 0.2) is 0 Å². The van der Waals surface area contributed by atoms with Crippen LogP contribution in [0.1, 0.15) is 28.8 Å². The number of anilines is 2. The topological polar surface area (TPSA) is 113 Å². The molecule has 1 aliphatic rings. The molecular weight excluding hydrogens is 478 g/mol. The molecule has 0 radical (unpaired) electrons. The molecular formula is C24H20ClN3O5S. The van der Waals surface area contributed by atoms with Crippen LogP contribution in [0.5, 0.6) is 0 Å². The van der Waals surface area contributed by atoms with E-state index in [1.165, 1.54) is 23.1 Å². The first kappa shape index (κ1) is 23.5. The number of nitrogens with zero attached hydrogens (tertiary/aromatic N) is 1. The van der Waals surface area contributed by atoms with Gasteiger partial charge in [-0.2, -0.15) is 0 Å². The molecule has 0 saturated carbocycles. The number of hydrogen-bond donors (Lipinski definition) is 2. The van der Waals surface area contributed by atoms with Gasteiger partial charge in [-0.25, -0.2) is 8.42 Å². The zero-order valence-corrected chi connectivity index (χ0v) is 19.4. The average molecular weight is 498 g/mol. The van der Waals surface area contributed by atoms with Crippen molar-refractivity contribution >= 4 is 50.7 Å². The smallest absolute Gasteiger partial charge is 0.261 e. The van der Waals surface area contributed by atoms with Crippen LogP contribution in [-0.2, 0) is 26.2 Å². The van der Waals surface area contributed by atoms with E-state index in [9.17, 15) is 22.8 Å². The summed E-state index contributed by atoms with van der Waals surface area (Å²) in [5.41, 5.74) is 1.73. The van der Waals surface area contributed by atoms with E-state index in [1.807, 2.05) is 0 Å². The molecule has 1 saturated heterocycles. The van der Waals surface area contributed by atoms with Gasteiger partial charge in [0.1, 0.15) is 0 Å². The van der Waals surface area contributed by atoms with Crippen LogP contribution >= 0.6 is 11.6 Å². The minimum Gasteiger partial charge on any atom is -0.322 e. The molecule has 10 heteroatoms. The molecule has 1 fully saturated rings. The van der Waals surface area contributed by atoms with Crippen molar-refractivity contribution in [2.45, 2.75) is 24.3 Å². The van der Waals surface area contributed by atoms with Crippen molar-refractivity contribution < 1.29 is 22.8 Å². The fourth-order valence-electron chi connectivity index (χ4n) is 3.42. The Morgan fingerprint density at radius 3 is 2.18 bits per heavy atom. The van der Waals surface area contributed by atoms with Gasteiger partial charge in [-0.15, -0.1) is 0 Å². The Morgan fingerprint density at radius 1 is 0.882 bits per heavy atom. The van der Waals surface area contributed by atoms with Gasteiger partial charge in [0.25, 0.3) is 15.9 Å². The standard InChI is InChI=1S/C24H20ClN3O5S/c25-18-8-10-19(11-9-18)27-34(32,33)21-3-1-2-20(14-21)26-24(31)17-6-4-16(5-7-17)15-28-22(29)12-13-23(28)30/h1-11,14,27H,12-13,15H2,(H,26,31). The number of rotatable bonds is 7. The van der Waals surface area contributed by atoms with Crippen LogP contribution < -0.4 is 10.0 Å². The number of imide groups is 1. The molecule has 0 spiro atoms. The average Bonchev–Trinajstić information content (AvgIpc) is 3.13. The van der Waals surface area contributed by atoms with Crippen molar-refractivity contribution in [2.75, 3.05) is 10.0 Å². The van der Waals surface area contributed by atoms with Gasteiger partial charge in [0.05, 0.1) is 11.4 Å². The lowest BCUT2D eigenvalue weighted by Gasteiger charge is -2.14. The monoisotopic (exact) mass is 497 g/mol. The molecule has 3 amide bonds. The third kappa shape index (κ3) is 5.44. The predicted octanol–water partition coefficient (Wildman–Crippen LogP) is 4.04. The van der Waals surface area contributed by atoms with Gasteiger partial charge >= 0.3 is 0 Å². The molecule has 0 aliphatic carbocycles. The number of hydrogen-bond acceptors (Lipinski definition) is 5. The first-order chi connectivity index (χ1) is 16.2. The van der Waals surface area contributed by atoms with E-state index in [-0.39, 0.29) is 36.1 Å². The van der Waals surface area contributed by atoms with Crippen LogP contribution in [0.2, 0.25) is 5.02 Å². The number of amides is 3. The van der Waals surface area contributed by atoms with Crippen LogP contribution in [0.4, 0.5) is 11.4 Å². The zero-order chi connectivity index (χ0) is 24.3. The number of nitrogens with one attached hydrogen (secondary N) is 2. The summed E-state index contributed by atoms with van der Waals surface area (Å²) in [6, 6.07) is 18.6. The summed E-state index contributed by atoms with van der Waals surface area (Å²) in [6.45, 7) is 0.167. The summed E-state index contributed by atoms with van der Waals surface area (Å²) in [4.78, 5) is 37.4. The minimum absolute atomic E-state index is 0.0180. The van der Waals surface area contributed by atoms with Crippen molar-refractivity contribution in [3.05, 3.63) is 88.9 Å². The van der Waals surface area contributed by atoms with Gasteiger partial charge in [-0.3, -0.25) is 24.0 Å². The molecule has 4 rings (SSSR count). The Bertz CT molecular complexity index is 1340. The lowest BCUT2D eigenvalue weighted by atomic mass is 10.1. The highest BCUT2D eigenvalue weighted by Gasteiger charge is 2.28. The Morgan fingerprint density at radius 2 is 1.53 bits per heavy atom.